The van der Waals surface area contributed by atoms with Crippen molar-refractivity contribution >= 4 is 29.4 Å². The Kier molecular flexibility index (Phi) is 7.95. The normalized spacial score (nSPS) is 19.1. The Balaban J connectivity index is 1.71. The molecule has 3 aromatic rings. The molecule has 0 radical (unpaired) electrons. The van der Waals surface area contributed by atoms with E-state index in [9.17, 15) is 14.7 Å². The smallest absolute Gasteiger partial charge is 0.326 e. The van der Waals surface area contributed by atoms with Gasteiger partial charge in [-0.1, -0.05) is 62.7 Å². The third kappa shape index (κ3) is 5.88. The van der Waals surface area contributed by atoms with E-state index in [1.165, 1.54) is 0 Å². The summed E-state index contributed by atoms with van der Waals surface area (Å²) in [6.45, 7) is 9.49. The Bertz CT molecular complexity index is 1460. The molecule has 9 heteroatoms. The molecule has 3 aromatic carbocycles. The number of ether oxygens (including phenoxy) is 1. The van der Waals surface area contributed by atoms with E-state index in [0.717, 1.165) is 16.7 Å². The molecule has 0 aromatic heterocycles. The van der Waals surface area contributed by atoms with Gasteiger partial charge in [0, 0.05) is 18.1 Å². The SMILES string of the molecule is CCOc1cc(C(C)(C)C)ccc1C1=NC(c2ccc(Cl)cc2)C(c2ccc(O)cc2)N1C(=O)N1CCNC(=O)C1. The van der Waals surface area contributed by atoms with Crippen LogP contribution in [0, 0.1) is 0 Å². The number of phenolic OH excluding ortho intramolecular Hbond substituents is 1. The van der Waals surface area contributed by atoms with Gasteiger partial charge in [-0.3, -0.25) is 14.7 Å². The van der Waals surface area contributed by atoms with Gasteiger partial charge in [0.05, 0.1) is 18.2 Å². The number of carbonyl (C=O) groups excluding carboxylic acids is 2. The minimum absolute atomic E-state index is 0.0438. The number of hydrogen-bond acceptors (Lipinski definition) is 5. The van der Waals surface area contributed by atoms with Crippen LogP contribution in [0.1, 0.15) is 62.0 Å². The first-order valence-electron chi connectivity index (χ1n) is 13.8. The van der Waals surface area contributed by atoms with Crippen molar-refractivity contribution in [2.24, 2.45) is 4.99 Å². The summed E-state index contributed by atoms with van der Waals surface area (Å²) in [6.07, 6.45) is 0. The number of rotatable bonds is 5. The van der Waals surface area contributed by atoms with Gasteiger partial charge in [0.1, 0.15) is 29.9 Å². The molecular weight excluding hydrogens is 540 g/mol. The van der Waals surface area contributed by atoms with Gasteiger partial charge in [0.2, 0.25) is 5.91 Å². The van der Waals surface area contributed by atoms with Crippen molar-refractivity contribution in [1.29, 1.82) is 0 Å². The van der Waals surface area contributed by atoms with E-state index in [4.69, 9.17) is 21.3 Å². The number of carbonyl (C=O) groups is 2. The number of hydrogen-bond donors (Lipinski definition) is 2. The van der Waals surface area contributed by atoms with Crippen LogP contribution in [0.5, 0.6) is 11.5 Å². The zero-order chi connectivity index (χ0) is 29.3. The highest BCUT2D eigenvalue weighted by Gasteiger charge is 2.45. The predicted octanol–water partition coefficient (Wildman–Crippen LogP) is 5.84. The molecule has 3 amide bonds. The van der Waals surface area contributed by atoms with E-state index in [1.54, 1.807) is 34.1 Å². The molecule has 0 bridgehead atoms. The number of amidine groups is 1. The number of piperazine rings is 1. The number of benzene rings is 3. The highest BCUT2D eigenvalue weighted by Crippen LogP contribution is 2.46. The number of nitrogens with one attached hydrogen (secondary N) is 1. The van der Waals surface area contributed by atoms with E-state index in [-0.39, 0.29) is 29.6 Å². The lowest BCUT2D eigenvalue weighted by Gasteiger charge is -2.36. The Hall–Kier alpha value is -4.04. The van der Waals surface area contributed by atoms with E-state index in [2.05, 4.69) is 26.1 Å². The van der Waals surface area contributed by atoms with Gasteiger partial charge in [0.25, 0.3) is 0 Å². The summed E-state index contributed by atoms with van der Waals surface area (Å²) < 4.78 is 6.14. The van der Waals surface area contributed by atoms with Crippen LogP contribution in [-0.2, 0) is 10.2 Å². The third-order valence-corrected chi connectivity index (χ3v) is 7.67. The Morgan fingerprint density at radius 2 is 1.76 bits per heavy atom. The number of urea groups is 1. The summed E-state index contributed by atoms with van der Waals surface area (Å²) in [5, 5.41) is 13.4. The molecule has 2 aliphatic rings. The maximum Gasteiger partial charge on any atom is 0.326 e. The van der Waals surface area contributed by atoms with Crippen molar-refractivity contribution in [2.75, 3.05) is 26.2 Å². The standard InChI is InChI=1S/C32H35ClN4O4/c1-5-41-26-18-22(32(2,3)4)10-15-25(26)30-35-28(20-6-11-23(33)12-7-20)29(21-8-13-24(38)14-9-21)37(30)31(40)36-17-16-34-27(39)19-36/h6-15,18,28-29,38H,5,16-17,19H2,1-4H3,(H,34,39). The summed E-state index contributed by atoms with van der Waals surface area (Å²) in [7, 11) is 0. The summed E-state index contributed by atoms with van der Waals surface area (Å²) in [6, 6.07) is 18.9. The molecule has 5 rings (SSSR count). The fourth-order valence-electron chi connectivity index (χ4n) is 5.27. The van der Waals surface area contributed by atoms with Crippen molar-refractivity contribution in [3.8, 4) is 11.5 Å². The fourth-order valence-corrected chi connectivity index (χ4v) is 5.39. The Labute approximate surface area is 245 Å². The van der Waals surface area contributed by atoms with E-state index in [1.807, 2.05) is 49.4 Å². The quantitative estimate of drug-likeness (QED) is 0.400. The van der Waals surface area contributed by atoms with Gasteiger partial charge in [-0.25, -0.2) is 4.79 Å². The zero-order valence-electron chi connectivity index (χ0n) is 23.7. The lowest BCUT2D eigenvalue weighted by atomic mass is 9.86. The average molecular weight is 575 g/mol. The highest BCUT2D eigenvalue weighted by molar-refractivity contribution is 6.30. The highest BCUT2D eigenvalue weighted by atomic mass is 35.5. The molecule has 214 valence electrons. The molecule has 41 heavy (non-hydrogen) atoms. The van der Waals surface area contributed by atoms with E-state index < -0.39 is 12.1 Å². The van der Waals surface area contributed by atoms with Crippen molar-refractivity contribution in [3.05, 3.63) is 94.0 Å². The number of amides is 3. The molecule has 2 atom stereocenters. The Morgan fingerprint density at radius 3 is 2.39 bits per heavy atom. The number of nitrogens with zero attached hydrogens (tertiary/aromatic N) is 3. The van der Waals surface area contributed by atoms with Gasteiger partial charge in [0.15, 0.2) is 0 Å². The monoisotopic (exact) mass is 574 g/mol. The van der Waals surface area contributed by atoms with Crippen LogP contribution >= 0.6 is 11.6 Å². The van der Waals surface area contributed by atoms with Crippen molar-refractivity contribution in [1.82, 2.24) is 15.1 Å². The maximum atomic E-state index is 14.4. The molecule has 0 aliphatic carbocycles. The lowest BCUT2D eigenvalue weighted by molar-refractivity contribution is -0.123. The van der Waals surface area contributed by atoms with Crippen LogP contribution < -0.4 is 10.1 Å². The summed E-state index contributed by atoms with van der Waals surface area (Å²) in [5.74, 6) is 1.01. The molecular formula is C32H35ClN4O4. The number of phenols is 1. The summed E-state index contributed by atoms with van der Waals surface area (Å²) in [4.78, 5) is 35.1. The van der Waals surface area contributed by atoms with Gasteiger partial charge in [-0.15, -0.1) is 0 Å². The second-order valence-electron chi connectivity index (χ2n) is 11.3. The largest absolute Gasteiger partial charge is 0.508 e. The molecule has 2 unspecified atom stereocenters. The van der Waals surface area contributed by atoms with Crippen LogP contribution in [-0.4, -0.2) is 58.9 Å². The molecule has 0 saturated carbocycles. The molecule has 2 N–H and O–H groups in total. The first kappa shape index (κ1) is 28.5. The summed E-state index contributed by atoms with van der Waals surface area (Å²) in [5.41, 5.74) is 3.34. The topological polar surface area (TPSA) is 94.5 Å². The second kappa shape index (κ2) is 11.4. The minimum atomic E-state index is -0.555. The van der Waals surface area contributed by atoms with E-state index in [0.29, 0.717) is 41.9 Å². The number of aliphatic imine (C=N–C) groups is 1. The van der Waals surface area contributed by atoms with Gasteiger partial charge >= 0.3 is 6.03 Å². The lowest BCUT2D eigenvalue weighted by Crippen LogP contribution is -2.55. The third-order valence-electron chi connectivity index (χ3n) is 7.42. The predicted molar refractivity (Wildman–Crippen MR) is 160 cm³/mol. The van der Waals surface area contributed by atoms with E-state index >= 15 is 0 Å². The summed E-state index contributed by atoms with van der Waals surface area (Å²) >= 11 is 6.23. The number of halogens is 1. The number of aromatic hydroxyl groups is 1. The first-order valence-corrected chi connectivity index (χ1v) is 14.2. The molecule has 2 aliphatic heterocycles. The second-order valence-corrected chi connectivity index (χ2v) is 11.7. The van der Waals surface area contributed by atoms with Gasteiger partial charge in [-0.2, -0.15) is 0 Å². The van der Waals surface area contributed by atoms with Crippen LogP contribution in [0.2, 0.25) is 5.02 Å². The fraction of sp³-hybridized carbons (Fsp3) is 0.344. The molecule has 1 fully saturated rings. The van der Waals surface area contributed by atoms with Crippen LogP contribution in [0.4, 0.5) is 4.79 Å². The van der Waals surface area contributed by atoms with Crippen molar-refractivity contribution < 1.29 is 19.4 Å². The van der Waals surface area contributed by atoms with Crippen molar-refractivity contribution in [2.45, 2.75) is 45.2 Å². The van der Waals surface area contributed by atoms with Crippen LogP contribution in [0.25, 0.3) is 0 Å². The van der Waals surface area contributed by atoms with Crippen molar-refractivity contribution in [3.63, 3.8) is 0 Å². The minimum Gasteiger partial charge on any atom is -0.508 e. The van der Waals surface area contributed by atoms with Gasteiger partial charge in [-0.05, 0) is 65.4 Å². The molecule has 0 spiro atoms. The molecule has 2 heterocycles. The molecule has 8 nitrogen and oxygen atoms in total. The van der Waals surface area contributed by atoms with Crippen LogP contribution in [0.15, 0.2) is 71.7 Å². The van der Waals surface area contributed by atoms with Crippen LogP contribution in [0.3, 0.4) is 0 Å². The van der Waals surface area contributed by atoms with Gasteiger partial charge < -0.3 is 20.1 Å². The average Bonchev–Trinajstić information content (AvgIpc) is 3.33. The first-order chi connectivity index (χ1) is 19.6. The zero-order valence-corrected chi connectivity index (χ0v) is 24.5. The Morgan fingerprint density at radius 1 is 1.07 bits per heavy atom. The molecule has 1 saturated heterocycles. The maximum absolute atomic E-state index is 14.4.